The minimum Gasteiger partial charge on any atom is -0.328 e. The van der Waals surface area contributed by atoms with Gasteiger partial charge in [-0.15, -0.1) is 0 Å². The molecular formula is C24H32N4O3S. The molecule has 0 bridgehead atoms. The number of aryl methyl sites for hydroxylation is 2. The van der Waals surface area contributed by atoms with Gasteiger partial charge in [0.15, 0.2) is 0 Å². The Labute approximate surface area is 190 Å². The number of sulfonamides is 1. The van der Waals surface area contributed by atoms with E-state index < -0.39 is 10.0 Å². The van der Waals surface area contributed by atoms with Gasteiger partial charge in [-0.1, -0.05) is 31.5 Å². The first kappa shape index (κ1) is 23.9. The maximum absolute atomic E-state index is 13.1. The molecule has 0 aliphatic heterocycles. The van der Waals surface area contributed by atoms with Gasteiger partial charge in [0.1, 0.15) is 5.82 Å². The maximum Gasteiger partial charge on any atom is 0.242 e. The van der Waals surface area contributed by atoms with Gasteiger partial charge in [0.05, 0.1) is 15.9 Å². The molecule has 1 aromatic heterocycles. The van der Waals surface area contributed by atoms with Crippen LogP contribution in [0.3, 0.4) is 0 Å². The summed E-state index contributed by atoms with van der Waals surface area (Å²) in [6, 6.07) is 14.8. The fourth-order valence-corrected chi connectivity index (χ4v) is 4.67. The topological polar surface area (TPSA) is 75.5 Å². The van der Waals surface area contributed by atoms with E-state index in [9.17, 15) is 13.2 Å². The predicted molar refractivity (Wildman–Crippen MR) is 128 cm³/mol. The van der Waals surface area contributed by atoms with E-state index in [2.05, 4.69) is 6.92 Å². The average molecular weight is 457 g/mol. The van der Waals surface area contributed by atoms with E-state index in [4.69, 9.17) is 4.98 Å². The first-order valence-corrected chi connectivity index (χ1v) is 12.5. The number of carbonyl (C=O) groups is 1. The Morgan fingerprint density at radius 3 is 2.41 bits per heavy atom. The Hall–Kier alpha value is -2.71. The van der Waals surface area contributed by atoms with Gasteiger partial charge in [0, 0.05) is 45.7 Å². The van der Waals surface area contributed by atoms with Crippen molar-refractivity contribution in [2.75, 3.05) is 25.5 Å². The summed E-state index contributed by atoms with van der Waals surface area (Å²) in [6.45, 7) is 5.52. The summed E-state index contributed by atoms with van der Waals surface area (Å²) in [5.74, 6) is 0.856. The molecule has 0 fully saturated rings. The highest BCUT2D eigenvalue weighted by atomic mass is 32.2. The number of hydrogen-bond donors (Lipinski definition) is 0. The molecule has 0 saturated carbocycles. The Bertz CT molecular complexity index is 1170. The molecule has 0 atom stereocenters. The summed E-state index contributed by atoms with van der Waals surface area (Å²) < 4.78 is 28.2. The highest BCUT2D eigenvalue weighted by molar-refractivity contribution is 7.89. The van der Waals surface area contributed by atoms with Crippen LogP contribution < -0.4 is 4.90 Å². The van der Waals surface area contributed by atoms with Crippen molar-refractivity contribution in [2.24, 2.45) is 0 Å². The van der Waals surface area contributed by atoms with Crippen molar-refractivity contribution in [1.82, 2.24) is 13.9 Å². The van der Waals surface area contributed by atoms with Crippen LogP contribution >= 0.6 is 0 Å². The Balaban J connectivity index is 1.85. The second kappa shape index (κ2) is 10.3. The molecule has 2 aromatic carbocycles. The molecule has 1 amide bonds. The smallest absolute Gasteiger partial charge is 0.242 e. The van der Waals surface area contributed by atoms with Crippen molar-refractivity contribution in [3.05, 3.63) is 54.4 Å². The number of hydrogen-bond acceptors (Lipinski definition) is 4. The molecule has 172 valence electrons. The molecule has 1 heterocycles. The van der Waals surface area contributed by atoms with Crippen molar-refractivity contribution in [3.63, 3.8) is 0 Å². The third-order valence-electron chi connectivity index (χ3n) is 5.56. The number of para-hydroxylation sites is 1. The number of unbranched alkanes of at least 4 members (excludes halogenated alkanes) is 1. The lowest BCUT2D eigenvalue weighted by Gasteiger charge is -2.22. The van der Waals surface area contributed by atoms with Crippen LogP contribution in [0.5, 0.6) is 0 Å². The highest BCUT2D eigenvalue weighted by Gasteiger charge is 2.21. The number of amides is 1. The first-order valence-electron chi connectivity index (χ1n) is 11.1. The fourth-order valence-electron chi connectivity index (χ4n) is 3.75. The van der Waals surface area contributed by atoms with E-state index in [0.717, 1.165) is 29.9 Å². The van der Waals surface area contributed by atoms with Gasteiger partial charge >= 0.3 is 0 Å². The number of aromatic nitrogens is 2. The van der Waals surface area contributed by atoms with Crippen molar-refractivity contribution in [1.29, 1.82) is 0 Å². The Kier molecular flexibility index (Phi) is 7.69. The molecule has 8 heteroatoms. The SMILES string of the molecule is CCCCN(C(=O)CCc1nc2cc(S(=O)(=O)N(C)C)ccc2n1CC)c1ccccc1. The van der Waals surface area contributed by atoms with Crippen LogP contribution in [0.2, 0.25) is 0 Å². The molecule has 7 nitrogen and oxygen atoms in total. The van der Waals surface area contributed by atoms with Gasteiger partial charge in [-0.25, -0.2) is 17.7 Å². The van der Waals surface area contributed by atoms with Crippen LogP contribution in [0, 0.1) is 0 Å². The lowest BCUT2D eigenvalue weighted by atomic mass is 10.2. The average Bonchev–Trinajstić information content (AvgIpc) is 3.15. The zero-order valence-electron chi connectivity index (χ0n) is 19.3. The number of benzene rings is 2. The number of nitrogens with zero attached hydrogens (tertiary/aromatic N) is 4. The van der Waals surface area contributed by atoms with Gasteiger partial charge in [0.25, 0.3) is 0 Å². The molecule has 0 spiro atoms. The normalized spacial score (nSPS) is 11.9. The standard InChI is InChI=1S/C24H32N4O3S/c1-5-7-17-28(19-11-9-8-10-12-19)24(29)16-15-23-25-21-18-20(32(30,31)26(3)4)13-14-22(21)27(23)6-2/h8-14,18H,5-7,15-17H2,1-4H3. The van der Waals surface area contributed by atoms with Gasteiger partial charge in [0.2, 0.25) is 15.9 Å². The molecule has 32 heavy (non-hydrogen) atoms. The lowest BCUT2D eigenvalue weighted by molar-refractivity contribution is -0.118. The maximum atomic E-state index is 13.1. The molecule has 0 radical (unpaired) electrons. The van der Waals surface area contributed by atoms with Crippen LogP contribution in [0.4, 0.5) is 5.69 Å². The van der Waals surface area contributed by atoms with Crippen molar-refractivity contribution in [2.45, 2.75) is 51.0 Å². The number of fused-ring (bicyclic) bond motifs is 1. The highest BCUT2D eigenvalue weighted by Crippen LogP contribution is 2.23. The lowest BCUT2D eigenvalue weighted by Crippen LogP contribution is -2.32. The predicted octanol–water partition coefficient (Wildman–Crippen LogP) is 4.07. The third-order valence-corrected chi connectivity index (χ3v) is 7.37. The fraction of sp³-hybridized carbons (Fsp3) is 0.417. The number of rotatable bonds is 10. The van der Waals surface area contributed by atoms with Gasteiger partial charge in [-0.2, -0.15) is 0 Å². The molecule has 0 saturated heterocycles. The summed E-state index contributed by atoms with van der Waals surface area (Å²) >= 11 is 0. The summed E-state index contributed by atoms with van der Waals surface area (Å²) in [5, 5.41) is 0. The molecule has 3 rings (SSSR count). The van der Waals surface area contributed by atoms with Gasteiger partial charge < -0.3 is 9.47 Å². The minimum absolute atomic E-state index is 0.0650. The van der Waals surface area contributed by atoms with E-state index in [0.29, 0.717) is 31.4 Å². The van der Waals surface area contributed by atoms with Gasteiger partial charge in [-0.05, 0) is 43.7 Å². The van der Waals surface area contributed by atoms with Crippen LogP contribution in [-0.4, -0.2) is 48.8 Å². The van der Waals surface area contributed by atoms with E-state index in [1.807, 2.05) is 46.7 Å². The van der Waals surface area contributed by atoms with Crippen molar-refractivity contribution >= 4 is 32.7 Å². The van der Waals surface area contributed by atoms with Gasteiger partial charge in [-0.3, -0.25) is 4.79 Å². The largest absolute Gasteiger partial charge is 0.328 e. The number of imidazole rings is 1. The van der Waals surface area contributed by atoms with Crippen LogP contribution in [0.15, 0.2) is 53.4 Å². The molecule has 3 aromatic rings. The summed E-state index contributed by atoms with van der Waals surface area (Å²) in [7, 11) is -0.508. The molecular weight excluding hydrogens is 424 g/mol. The molecule has 0 N–H and O–H groups in total. The number of carbonyl (C=O) groups excluding carboxylic acids is 1. The van der Waals surface area contributed by atoms with E-state index in [-0.39, 0.29) is 10.8 Å². The second-order valence-electron chi connectivity index (χ2n) is 7.94. The Morgan fingerprint density at radius 1 is 1.06 bits per heavy atom. The van der Waals surface area contributed by atoms with Crippen LogP contribution in [-0.2, 0) is 27.8 Å². The number of anilines is 1. The summed E-state index contributed by atoms with van der Waals surface area (Å²) in [6.07, 6.45) is 2.79. The quantitative estimate of drug-likeness (QED) is 0.461. The van der Waals surface area contributed by atoms with Crippen molar-refractivity contribution < 1.29 is 13.2 Å². The van der Waals surface area contributed by atoms with E-state index >= 15 is 0 Å². The summed E-state index contributed by atoms with van der Waals surface area (Å²) in [4.78, 5) is 19.9. The van der Waals surface area contributed by atoms with Crippen LogP contribution in [0.1, 0.15) is 38.9 Å². The second-order valence-corrected chi connectivity index (χ2v) is 10.1. The molecule has 0 aliphatic rings. The van der Waals surface area contributed by atoms with E-state index in [1.54, 1.807) is 18.2 Å². The zero-order valence-corrected chi connectivity index (χ0v) is 20.1. The van der Waals surface area contributed by atoms with Crippen molar-refractivity contribution in [3.8, 4) is 0 Å². The third kappa shape index (κ3) is 5.02. The van der Waals surface area contributed by atoms with E-state index in [1.165, 1.54) is 18.4 Å². The Morgan fingerprint density at radius 2 is 1.78 bits per heavy atom. The summed E-state index contributed by atoms with van der Waals surface area (Å²) in [5.41, 5.74) is 2.41. The van der Waals surface area contributed by atoms with Crippen LogP contribution in [0.25, 0.3) is 11.0 Å². The zero-order chi connectivity index (χ0) is 23.3. The first-order chi connectivity index (χ1) is 15.3. The monoisotopic (exact) mass is 456 g/mol. The minimum atomic E-state index is -3.53. The molecule has 0 aliphatic carbocycles. The molecule has 0 unspecified atom stereocenters.